The van der Waals surface area contributed by atoms with Crippen LogP contribution in [-0.2, 0) is 28.6 Å². The standard InChI is InChI=1S/3C21H27ClN2O2.3C18H34O2/c3*22-20-8-6-19(7-9-20)21(18-4-2-1-3-5-18)24-12-10-23(11-13-24)14-16-26-17-15-25;3*1-2-3-4-5-6-7-8-9-10-11-12-13-14-15-16-17-18(19)20/h3*1-9,21,25H,10-17H2;3*9-10H,2-8,11-17H2,1H3,(H,19,20)/b;;;3*10-9-. The van der Waals surface area contributed by atoms with Gasteiger partial charge in [-0.15, -0.1) is 0 Å². The number of carboxylic acid groups (broad SMARTS) is 3. The minimum Gasteiger partial charge on any atom is -0.481 e. The molecule has 774 valence electrons. The molecule has 3 saturated heterocycles. The summed E-state index contributed by atoms with van der Waals surface area (Å²) in [5, 5.41) is 54.2. The van der Waals surface area contributed by atoms with Gasteiger partial charge in [-0.2, -0.15) is 0 Å². The fourth-order valence-electron chi connectivity index (χ4n) is 17.5. The highest BCUT2D eigenvalue weighted by atomic mass is 35.5. The van der Waals surface area contributed by atoms with Gasteiger partial charge in [-0.3, -0.25) is 43.8 Å². The van der Waals surface area contributed by atoms with Crippen LogP contribution in [0.2, 0.25) is 15.1 Å². The Labute approximate surface area is 850 Å². The maximum Gasteiger partial charge on any atom is 0.303 e. The fourth-order valence-corrected chi connectivity index (χ4v) is 17.9. The van der Waals surface area contributed by atoms with E-state index < -0.39 is 17.9 Å². The number of aliphatic hydroxyl groups excluding tert-OH is 3. The first-order chi connectivity index (χ1) is 67.6. The molecule has 3 unspecified atom stereocenters. The van der Waals surface area contributed by atoms with Crippen LogP contribution in [0.25, 0.3) is 0 Å². The van der Waals surface area contributed by atoms with Gasteiger partial charge in [0, 0.05) is 133 Å². The fraction of sp³-hybridized carbons (Fsp3) is 0.615. The Hall–Kier alpha value is -6.66. The smallest absolute Gasteiger partial charge is 0.303 e. The molecule has 0 bridgehead atoms. The number of rotatable bonds is 69. The quantitative estimate of drug-likeness (QED) is 0.0154. The lowest BCUT2D eigenvalue weighted by molar-refractivity contribution is -0.138. The molecule has 0 aromatic heterocycles. The topological polar surface area (TPSA) is 220 Å². The molecule has 3 fully saturated rings. The minimum atomic E-state index is -0.664. The molecule has 6 aromatic rings. The van der Waals surface area contributed by atoms with E-state index in [4.69, 9.17) is 79.7 Å². The van der Waals surface area contributed by atoms with E-state index in [0.29, 0.717) is 58.9 Å². The Kier molecular flexibility index (Phi) is 77.9. The molecule has 138 heavy (non-hydrogen) atoms. The van der Waals surface area contributed by atoms with Gasteiger partial charge in [0.1, 0.15) is 0 Å². The van der Waals surface area contributed by atoms with Gasteiger partial charge in [0.2, 0.25) is 0 Å². The summed E-state index contributed by atoms with van der Waals surface area (Å²) in [5.74, 6) is -1.99. The van der Waals surface area contributed by atoms with Crippen molar-refractivity contribution in [3.05, 3.63) is 249 Å². The van der Waals surface area contributed by atoms with E-state index >= 15 is 0 Å². The Balaban J connectivity index is 0.000000348. The van der Waals surface area contributed by atoms with Crippen molar-refractivity contribution in [3.63, 3.8) is 0 Å². The van der Waals surface area contributed by atoms with Crippen LogP contribution >= 0.6 is 34.8 Å². The van der Waals surface area contributed by atoms with Crippen LogP contribution in [0, 0.1) is 0 Å². The summed E-state index contributed by atoms with van der Waals surface area (Å²) in [6, 6.07) is 57.4. The molecule has 0 spiro atoms. The number of ether oxygens (including phenoxy) is 3. The van der Waals surface area contributed by atoms with Crippen LogP contribution in [0.3, 0.4) is 0 Å². The second kappa shape index (κ2) is 87.0. The van der Waals surface area contributed by atoms with Gasteiger partial charge < -0.3 is 44.8 Å². The maximum absolute atomic E-state index is 10.3. The molecule has 9 rings (SSSR count). The molecule has 6 N–H and O–H groups in total. The molecular weight excluding hydrogens is 1790 g/mol. The van der Waals surface area contributed by atoms with Crippen LogP contribution in [0.4, 0.5) is 0 Å². The zero-order valence-corrected chi connectivity index (χ0v) is 87.7. The summed E-state index contributed by atoms with van der Waals surface area (Å²) in [5.41, 5.74) is 7.78. The number of hydrogen-bond donors (Lipinski definition) is 6. The van der Waals surface area contributed by atoms with E-state index in [2.05, 4.69) is 214 Å². The van der Waals surface area contributed by atoms with E-state index in [9.17, 15) is 14.4 Å². The number of halogens is 3. The number of allylic oxidation sites excluding steroid dienone is 6. The van der Waals surface area contributed by atoms with Gasteiger partial charge in [-0.05, 0) is 166 Å². The average molecular weight is 1970 g/mol. The predicted octanol–water partition coefficient (Wildman–Crippen LogP) is 27.5. The van der Waals surface area contributed by atoms with Crippen LogP contribution in [0.5, 0.6) is 0 Å². The molecule has 21 heteroatoms. The number of aliphatic hydroxyl groups is 3. The lowest BCUT2D eigenvalue weighted by Crippen LogP contribution is -2.48. The Morgan fingerprint density at radius 2 is 0.449 bits per heavy atom. The summed E-state index contributed by atoms with van der Waals surface area (Å²) >= 11 is 18.3. The van der Waals surface area contributed by atoms with Crippen molar-refractivity contribution in [1.29, 1.82) is 0 Å². The third-order valence-electron chi connectivity index (χ3n) is 25.5. The normalized spacial score (nSPS) is 14.7. The van der Waals surface area contributed by atoms with E-state index in [0.717, 1.165) is 152 Å². The molecule has 3 aliphatic heterocycles. The number of piperazine rings is 3. The molecule has 3 atom stereocenters. The number of unbranched alkanes of at least 4 members (excludes halogenated alkanes) is 33. The molecule has 0 amide bonds. The summed E-state index contributed by atoms with van der Waals surface area (Å²) < 4.78 is 16.2. The number of aliphatic carboxylic acids is 3. The Morgan fingerprint density at radius 3 is 0.645 bits per heavy atom. The van der Waals surface area contributed by atoms with Gasteiger partial charge >= 0.3 is 17.9 Å². The lowest BCUT2D eigenvalue weighted by Gasteiger charge is -2.39. The third kappa shape index (κ3) is 64.1. The Bertz CT molecular complexity index is 3480. The van der Waals surface area contributed by atoms with Crippen molar-refractivity contribution in [2.24, 2.45) is 0 Å². The highest BCUT2D eigenvalue weighted by Gasteiger charge is 2.30. The minimum absolute atomic E-state index is 0.0909. The second-order valence-corrected chi connectivity index (χ2v) is 38.2. The molecule has 6 aromatic carbocycles. The van der Waals surface area contributed by atoms with Crippen molar-refractivity contribution in [3.8, 4) is 0 Å². The molecule has 3 aliphatic rings. The molecule has 0 aliphatic carbocycles. The molecular formula is C117H183Cl3N6O12. The highest BCUT2D eigenvalue weighted by Crippen LogP contribution is 2.35. The van der Waals surface area contributed by atoms with E-state index in [-0.39, 0.29) is 37.9 Å². The highest BCUT2D eigenvalue weighted by molar-refractivity contribution is 6.31. The number of nitrogens with zero attached hydrogens (tertiary/aromatic N) is 6. The number of carbonyl (C=O) groups is 3. The first-order valence-electron chi connectivity index (χ1n) is 53.6. The first kappa shape index (κ1) is 124. The van der Waals surface area contributed by atoms with Crippen LogP contribution in [-0.4, -0.2) is 236 Å². The van der Waals surface area contributed by atoms with Gasteiger partial charge in [0.05, 0.1) is 77.6 Å². The van der Waals surface area contributed by atoms with Gasteiger partial charge in [-0.1, -0.05) is 374 Å². The Morgan fingerprint density at radius 1 is 0.261 bits per heavy atom. The van der Waals surface area contributed by atoms with Crippen LogP contribution < -0.4 is 0 Å². The zero-order chi connectivity index (χ0) is 99.2. The first-order valence-corrected chi connectivity index (χ1v) is 54.7. The van der Waals surface area contributed by atoms with E-state index in [1.54, 1.807) is 0 Å². The summed E-state index contributed by atoms with van der Waals surface area (Å²) in [4.78, 5) is 45.9. The average Bonchev–Trinajstić information content (AvgIpc) is 0.820. The monoisotopic (exact) mass is 1970 g/mol. The number of benzene rings is 6. The van der Waals surface area contributed by atoms with E-state index in [1.165, 1.54) is 245 Å². The maximum atomic E-state index is 10.3. The SMILES string of the molecule is CCCCCCCC/C=C\CCCCCCCC(=O)O.CCCCCCCC/C=C\CCCCCCCC(=O)O.CCCCCCCC/C=C\CCCCCCCC(=O)O.OCCOCCN1CCN(C(c2ccccc2)c2ccc(Cl)cc2)CC1.OCCOCCN1CCN(C(c2ccccc2)c2ccc(Cl)cc2)CC1.OCCOCCN1CCN(C(c2ccccc2)c2ccc(Cl)cc2)CC1. The lowest BCUT2D eigenvalue weighted by atomic mass is 9.96. The van der Waals surface area contributed by atoms with Gasteiger partial charge in [0.25, 0.3) is 0 Å². The number of carboxylic acids is 3. The largest absolute Gasteiger partial charge is 0.481 e. The zero-order valence-electron chi connectivity index (χ0n) is 85.4. The van der Waals surface area contributed by atoms with E-state index in [1.807, 2.05) is 36.4 Å². The predicted molar refractivity (Wildman–Crippen MR) is 578 cm³/mol. The second-order valence-electron chi connectivity index (χ2n) is 36.9. The van der Waals surface area contributed by atoms with Gasteiger partial charge in [-0.25, -0.2) is 0 Å². The molecule has 0 saturated carbocycles. The number of hydrogen-bond acceptors (Lipinski definition) is 15. The summed E-state index contributed by atoms with van der Waals surface area (Å²) in [6.07, 6.45) is 63.7. The van der Waals surface area contributed by atoms with Gasteiger partial charge in [0.15, 0.2) is 0 Å². The van der Waals surface area contributed by atoms with Crippen molar-refractivity contribution >= 4 is 52.7 Å². The van der Waals surface area contributed by atoms with Crippen molar-refractivity contribution in [1.82, 2.24) is 29.4 Å². The molecule has 0 radical (unpaired) electrons. The van der Waals surface area contributed by atoms with Crippen LogP contribution in [0.15, 0.2) is 200 Å². The third-order valence-corrected chi connectivity index (χ3v) is 26.3. The van der Waals surface area contributed by atoms with Crippen molar-refractivity contribution in [2.45, 2.75) is 309 Å². The summed E-state index contributed by atoms with van der Waals surface area (Å²) in [6.45, 7) is 25.4. The van der Waals surface area contributed by atoms with Crippen molar-refractivity contribution < 1.29 is 59.2 Å². The van der Waals surface area contributed by atoms with Crippen LogP contribution in [0.1, 0.15) is 342 Å². The van der Waals surface area contributed by atoms with Crippen molar-refractivity contribution in [2.75, 3.05) is 158 Å². The molecule has 18 nitrogen and oxygen atoms in total. The molecule has 3 heterocycles. The summed E-state index contributed by atoms with van der Waals surface area (Å²) in [7, 11) is 0.